The number of hydrogen-bond acceptors (Lipinski definition) is 1. The van der Waals surface area contributed by atoms with Crippen molar-refractivity contribution in [2.24, 2.45) is 11.3 Å². The fraction of sp³-hybridized carbons (Fsp3) is 0.474. The molecule has 0 radical (unpaired) electrons. The van der Waals surface area contributed by atoms with Crippen LogP contribution in [0.4, 0.5) is 0 Å². The van der Waals surface area contributed by atoms with Crippen LogP contribution in [0, 0.1) is 11.3 Å². The molecule has 1 heteroatoms. The predicted octanol–water partition coefficient (Wildman–Crippen LogP) is 5.16. The standard InChI is InChI=1S/C19H29N/c1-16(2)17-10-8-6-7-9-11-18(19(3,4)5)13-15-20-14-12-17/h6,8-14,16,20H,7,15H2,1-5H3/b8-6+,11-9-,14-12+,17-10+,18-13+. The van der Waals surface area contributed by atoms with Crippen molar-refractivity contribution in [3.05, 3.63) is 59.9 Å². The Morgan fingerprint density at radius 3 is 2.50 bits per heavy atom. The van der Waals surface area contributed by atoms with Gasteiger partial charge in [0, 0.05) is 6.54 Å². The Morgan fingerprint density at radius 2 is 1.85 bits per heavy atom. The van der Waals surface area contributed by atoms with E-state index >= 15 is 0 Å². The van der Waals surface area contributed by atoms with Gasteiger partial charge in [-0.15, -0.1) is 0 Å². The first-order valence-electron chi connectivity index (χ1n) is 7.55. The van der Waals surface area contributed by atoms with E-state index in [1.54, 1.807) is 0 Å². The number of allylic oxidation sites excluding steroid dienone is 8. The molecule has 0 spiro atoms. The van der Waals surface area contributed by atoms with Gasteiger partial charge in [0.1, 0.15) is 0 Å². The molecule has 1 heterocycles. The van der Waals surface area contributed by atoms with Crippen molar-refractivity contribution in [2.45, 2.75) is 41.0 Å². The minimum absolute atomic E-state index is 0.188. The quantitative estimate of drug-likeness (QED) is 0.694. The van der Waals surface area contributed by atoms with Crippen molar-refractivity contribution in [3.63, 3.8) is 0 Å². The first-order chi connectivity index (χ1) is 9.41. The molecule has 0 bridgehead atoms. The van der Waals surface area contributed by atoms with Crippen LogP contribution in [-0.4, -0.2) is 6.54 Å². The van der Waals surface area contributed by atoms with Gasteiger partial charge in [0.15, 0.2) is 0 Å². The van der Waals surface area contributed by atoms with Gasteiger partial charge in [0.05, 0.1) is 0 Å². The number of nitrogens with one attached hydrogen (secondary N) is 1. The van der Waals surface area contributed by atoms with E-state index < -0.39 is 0 Å². The second-order valence-electron chi connectivity index (χ2n) is 6.54. The first-order valence-corrected chi connectivity index (χ1v) is 7.55. The Bertz CT molecular complexity index is 437. The summed E-state index contributed by atoms with van der Waals surface area (Å²) in [5.74, 6) is 0.541. The minimum atomic E-state index is 0.188. The van der Waals surface area contributed by atoms with E-state index in [2.05, 4.69) is 88.7 Å². The van der Waals surface area contributed by atoms with Crippen LogP contribution in [0.1, 0.15) is 41.0 Å². The molecule has 0 saturated heterocycles. The van der Waals surface area contributed by atoms with Gasteiger partial charge in [-0.25, -0.2) is 0 Å². The second kappa shape index (κ2) is 7.94. The fourth-order valence-corrected chi connectivity index (χ4v) is 1.99. The van der Waals surface area contributed by atoms with E-state index in [4.69, 9.17) is 0 Å². The lowest BCUT2D eigenvalue weighted by molar-refractivity contribution is 0.514. The van der Waals surface area contributed by atoms with Gasteiger partial charge >= 0.3 is 0 Å². The molecule has 0 fully saturated rings. The smallest absolute Gasteiger partial charge is 0.0331 e. The normalized spacial score (nSPS) is 27.7. The summed E-state index contributed by atoms with van der Waals surface area (Å²) < 4.78 is 0. The Hall–Kier alpha value is -1.50. The van der Waals surface area contributed by atoms with Gasteiger partial charge in [-0.05, 0) is 41.2 Å². The highest BCUT2D eigenvalue weighted by atomic mass is 14.8. The second-order valence-corrected chi connectivity index (χ2v) is 6.54. The molecule has 0 saturated carbocycles. The molecule has 1 rings (SSSR count). The van der Waals surface area contributed by atoms with E-state index in [0.717, 1.165) is 13.0 Å². The van der Waals surface area contributed by atoms with Crippen LogP contribution in [0.3, 0.4) is 0 Å². The van der Waals surface area contributed by atoms with E-state index in [1.165, 1.54) is 11.1 Å². The summed E-state index contributed by atoms with van der Waals surface area (Å²) in [6.45, 7) is 12.1. The first kappa shape index (κ1) is 16.6. The average Bonchev–Trinajstić information content (AvgIpc) is 2.36. The Labute approximate surface area is 124 Å². The molecule has 0 atom stereocenters. The lowest BCUT2D eigenvalue weighted by atomic mass is 9.86. The third kappa shape index (κ3) is 6.10. The zero-order valence-corrected chi connectivity index (χ0v) is 13.6. The van der Waals surface area contributed by atoms with Crippen LogP contribution in [0.2, 0.25) is 0 Å². The molecule has 1 aliphatic heterocycles. The summed E-state index contributed by atoms with van der Waals surface area (Å²) in [4.78, 5) is 0. The van der Waals surface area contributed by atoms with Crippen molar-refractivity contribution < 1.29 is 0 Å². The van der Waals surface area contributed by atoms with Crippen LogP contribution >= 0.6 is 0 Å². The molecule has 110 valence electrons. The zero-order valence-electron chi connectivity index (χ0n) is 13.6. The molecule has 0 amide bonds. The van der Waals surface area contributed by atoms with E-state index in [-0.39, 0.29) is 5.41 Å². The summed E-state index contributed by atoms with van der Waals surface area (Å²) in [5, 5.41) is 3.35. The van der Waals surface area contributed by atoms with Crippen LogP contribution in [0.15, 0.2) is 59.9 Å². The van der Waals surface area contributed by atoms with Gasteiger partial charge in [-0.3, -0.25) is 0 Å². The lowest BCUT2D eigenvalue weighted by Gasteiger charge is -2.20. The molecular formula is C19H29N. The molecule has 0 aromatic rings. The van der Waals surface area contributed by atoms with E-state index in [9.17, 15) is 0 Å². The van der Waals surface area contributed by atoms with Gasteiger partial charge in [-0.2, -0.15) is 0 Å². The number of rotatable bonds is 1. The third-order valence-corrected chi connectivity index (χ3v) is 3.36. The molecule has 0 aliphatic carbocycles. The van der Waals surface area contributed by atoms with Crippen LogP contribution in [0.25, 0.3) is 0 Å². The van der Waals surface area contributed by atoms with Crippen molar-refractivity contribution >= 4 is 0 Å². The zero-order chi connectivity index (χ0) is 15.0. The van der Waals surface area contributed by atoms with Crippen molar-refractivity contribution in [1.29, 1.82) is 0 Å². The lowest BCUT2D eigenvalue weighted by Crippen LogP contribution is -2.12. The van der Waals surface area contributed by atoms with Crippen molar-refractivity contribution in [1.82, 2.24) is 5.32 Å². The molecule has 1 aliphatic rings. The third-order valence-electron chi connectivity index (χ3n) is 3.36. The summed E-state index contributed by atoms with van der Waals surface area (Å²) in [6.07, 6.45) is 18.5. The van der Waals surface area contributed by atoms with Crippen molar-refractivity contribution in [2.75, 3.05) is 6.54 Å². The van der Waals surface area contributed by atoms with Crippen molar-refractivity contribution in [3.8, 4) is 0 Å². The van der Waals surface area contributed by atoms with Gasteiger partial charge in [-0.1, -0.05) is 71.1 Å². The summed E-state index contributed by atoms with van der Waals surface area (Å²) in [6, 6.07) is 0. The topological polar surface area (TPSA) is 12.0 Å². The van der Waals surface area contributed by atoms with Gasteiger partial charge < -0.3 is 5.32 Å². The highest BCUT2D eigenvalue weighted by Gasteiger charge is 2.13. The molecule has 1 N–H and O–H groups in total. The fourth-order valence-electron chi connectivity index (χ4n) is 1.99. The summed E-state index contributed by atoms with van der Waals surface area (Å²) >= 11 is 0. The Balaban J connectivity index is 2.90. The molecule has 0 unspecified atom stereocenters. The largest absolute Gasteiger partial charge is 0.387 e. The van der Waals surface area contributed by atoms with Crippen LogP contribution in [-0.2, 0) is 0 Å². The predicted molar refractivity (Wildman–Crippen MR) is 90.5 cm³/mol. The summed E-state index contributed by atoms with van der Waals surface area (Å²) in [5.41, 5.74) is 2.91. The molecule has 0 aromatic carbocycles. The van der Waals surface area contributed by atoms with E-state index in [1.807, 2.05) is 0 Å². The van der Waals surface area contributed by atoms with E-state index in [0.29, 0.717) is 5.92 Å². The highest BCUT2D eigenvalue weighted by Crippen LogP contribution is 2.26. The monoisotopic (exact) mass is 271 g/mol. The van der Waals surface area contributed by atoms with Crippen LogP contribution in [0.5, 0.6) is 0 Å². The maximum atomic E-state index is 3.35. The SMILES string of the molecule is CC(C)C1=C/C=C/C/C=C\C(C(C)(C)C)=C/CN\C=C\1. The van der Waals surface area contributed by atoms with Gasteiger partial charge in [0.25, 0.3) is 0 Å². The maximum Gasteiger partial charge on any atom is 0.0331 e. The molecule has 1 nitrogen and oxygen atoms in total. The number of hydrogen-bond donors (Lipinski definition) is 1. The minimum Gasteiger partial charge on any atom is -0.387 e. The maximum absolute atomic E-state index is 3.35. The summed E-state index contributed by atoms with van der Waals surface area (Å²) in [7, 11) is 0. The average molecular weight is 271 g/mol. The molecule has 20 heavy (non-hydrogen) atoms. The van der Waals surface area contributed by atoms with Gasteiger partial charge in [0.2, 0.25) is 0 Å². The Kier molecular flexibility index (Phi) is 6.57. The Morgan fingerprint density at radius 1 is 1.10 bits per heavy atom. The molecular weight excluding hydrogens is 242 g/mol. The van der Waals surface area contributed by atoms with Crippen LogP contribution < -0.4 is 5.32 Å². The highest BCUT2D eigenvalue weighted by molar-refractivity contribution is 5.28. The molecule has 0 aromatic heterocycles.